The van der Waals surface area contributed by atoms with E-state index >= 15 is 0 Å². The average molecular weight is 441 g/mol. The lowest BCUT2D eigenvalue weighted by atomic mass is 9.79. The third kappa shape index (κ3) is 8.18. The fourth-order valence-corrected chi connectivity index (χ4v) is 4.19. The summed E-state index contributed by atoms with van der Waals surface area (Å²) in [4.78, 5) is 23.5. The largest absolute Gasteiger partial charge is 0.494 e. The van der Waals surface area contributed by atoms with Gasteiger partial charge in [-0.15, -0.1) is 0 Å². The molecule has 0 saturated heterocycles. The van der Waals surface area contributed by atoms with Crippen LogP contribution in [0.2, 0.25) is 0 Å². The molecule has 0 bridgehead atoms. The van der Waals surface area contributed by atoms with Gasteiger partial charge in [-0.05, 0) is 101 Å². The molecule has 2 fully saturated rings. The molecule has 2 aliphatic rings. The van der Waals surface area contributed by atoms with Crippen LogP contribution < -0.4 is 9.47 Å². The molecule has 1 aromatic rings. The molecule has 0 aliphatic heterocycles. The number of unbranched alkanes of at least 4 members (excludes halogenated alkanes) is 3. The number of benzene rings is 1. The molecule has 0 atom stereocenters. The van der Waals surface area contributed by atoms with Gasteiger partial charge in [0.05, 0.1) is 19.1 Å². The monoisotopic (exact) mass is 440 g/mol. The van der Waals surface area contributed by atoms with Gasteiger partial charge in [0, 0.05) is 6.08 Å². The molecule has 32 heavy (non-hydrogen) atoms. The molecule has 2 aliphatic carbocycles. The van der Waals surface area contributed by atoms with Crippen molar-refractivity contribution in [2.75, 3.05) is 13.2 Å². The summed E-state index contributed by atoms with van der Waals surface area (Å²) in [5, 5.41) is 0. The second-order valence-corrected chi connectivity index (χ2v) is 8.82. The molecular weight excluding hydrogens is 404 g/mol. The zero-order valence-corrected chi connectivity index (χ0v) is 19.1. The second-order valence-electron chi connectivity index (χ2n) is 8.82. The van der Waals surface area contributed by atoms with Gasteiger partial charge in [0.2, 0.25) is 0 Å². The lowest BCUT2D eigenvalue weighted by Crippen LogP contribution is -2.25. The van der Waals surface area contributed by atoms with E-state index in [2.05, 4.69) is 12.7 Å². The number of esters is 2. The van der Waals surface area contributed by atoms with Crippen LogP contribution >= 0.6 is 0 Å². The highest BCUT2D eigenvalue weighted by Gasteiger charge is 2.27. The SMILES string of the molecule is C=CC(=O)OCCCCCCOc1ccc(OC(=O)C2CCC(C=C3CCC3)CC2)cc1. The molecule has 0 spiro atoms. The van der Waals surface area contributed by atoms with Gasteiger partial charge in [-0.2, -0.15) is 0 Å². The second kappa shape index (κ2) is 13.1. The smallest absolute Gasteiger partial charge is 0.330 e. The summed E-state index contributed by atoms with van der Waals surface area (Å²) in [5.74, 6) is 1.55. The predicted octanol–water partition coefficient (Wildman–Crippen LogP) is 6.18. The van der Waals surface area contributed by atoms with Crippen molar-refractivity contribution in [3.8, 4) is 11.5 Å². The van der Waals surface area contributed by atoms with Crippen LogP contribution in [0.5, 0.6) is 11.5 Å². The minimum atomic E-state index is -0.369. The van der Waals surface area contributed by atoms with E-state index in [4.69, 9.17) is 14.2 Å². The Kier molecular flexibility index (Phi) is 9.86. The van der Waals surface area contributed by atoms with E-state index in [0.717, 1.165) is 57.1 Å². The van der Waals surface area contributed by atoms with Crippen LogP contribution in [0.4, 0.5) is 0 Å². The van der Waals surface area contributed by atoms with Crippen LogP contribution in [0.25, 0.3) is 0 Å². The van der Waals surface area contributed by atoms with Gasteiger partial charge in [0.1, 0.15) is 11.5 Å². The van der Waals surface area contributed by atoms with E-state index in [1.807, 2.05) is 12.1 Å². The van der Waals surface area contributed by atoms with Crippen molar-refractivity contribution in [1.29, 1.82) is 0 Å². The Morgan fingerprint density at radius 1 is 0.906 bits per heavy atom. The molecule has 0 N–H and O–H groups in total. The first kappa shape index (κ1) is 24.1. The first-order valence-corrected chi connectivity index (χ1v) is 12.1. The fourth-order valence-electron chi connectivity index (χ4n) is 4.19. The van der Waals surface area contributed by atoms with Crippen LogP contribution in [0.3, 0.4) is 0 Å². The third-order valence-electron chi connectivity index (χ3n) is 6.33. The van der Waals surface area contributed by atoms with Gasteiger partial charge >= 0.3 is 11.9 Å². The summed E-state index contributed by atoms with van der Waals surface area (Å²) in [6.07, 6.45) is 15.3. The molecule has 1 aromatic carbocycles. The Bertz CT molecular complexity index is 766. The molecule has 0 amide bonds. The lowest BCUT2D eigenvalue weighted by Gasteiger charge is -2.27. The van der Waals surface area contributed by atoms with Gasteiger partial charge in [-0.3, -0.25) is 4.79 Å². The van der Waals surface area contributed by atoms with Crippen molar-refractivity contribution >= 4 is 11.9 Å². The first-order valence-electron chi connectivity index (χ1n) is 12.1. The molecular formula is C27H36O5. The van der Waals surface area contributed by atoms with Crippen LogP contribution in [0, 0.1) is 11.8 Å². The van der Waals surface area contributed by atoms with E-state index in [0.29, 0.717) is 24.9 Å². The summed E-state index contributed by atoms with van der Waals surface area (Å²) in [6.45, 7) is 4.43. The van der Waals surface area contributed by atoms with E-state index in [9.17, 15) is 9.59 Å². The summed E-state index contributed by atoms with van der Waals surface area (Å²) >= 11 is 0. The Labute approximate surface area is 191 Å². The normalized spacial score (nSPS) is 20.1. The standard InChI is InChI=1S/C27H36O5/c1-2-26(28)31-19-6-4-3-5-18-30-24-14-16-25(17-15-24)32-27(29)23-12-10-22(11-13-23)20-21-8-7-9-21/h2,14-17,20,22-23H,1,3-13,18-19H2. The first-order chi connectivity index (χ1) is 15.6. The highest BCUT2D eigenvalue weighted by atomic mass is 16.5. The van der Waals surface area contributed by atoms with Crippen molar-refractivity contribution in [3.63, 3.8) is 0 Å². The van der Waals surface area contributed by atoms with E-state index in [-0.39, 0.29) is 17.9 Å². The summed E-state index contributed by atoms with van der Waals surface area (Å²) in [6, 6.07) is 7.29. The van der Waals surface area contributed by atoms with E-state index in [1.54, 1.807) is 17.7 Å². The molecule has 5 heteroatoms. The molecule has 2 saturated carbocycles. The Balaban J connectivity index is 1.27. The molecule has 0 radical (unpaired) electrons. The van der Waals surface area contributed by atoms with Crippen molar-refractivity contribution in [1.82, 2.24) is 0 Å². The molecule has 0 unspecified atom stereocenters. The third-order valence-corrected chi connectivity index (χ3v) is 6.33. The van der Waals surface area contributed by atoms with Crippen molar-refractivity contribution in [2.24, 2.45) is 11.8 Å². The Hall–Kier alpha value is -2.56. The van der Waals surface area contributed by atoms with Crippen molar-refractivity contribution in [2.45, 2.75) is 70.6 Å². The quantitative estimate of drug-likeness (QED) is 0.128. The highest BCUT2D eigenvalue weighted by Crippen LogP contribution is 2.35. The predicted molar refractivity (Wildman–Crippen MR) is 125 cm³/mol. The minimum Gasteiger partial charge on any atom is -0.494 e. The number of hydrogen-bond acceptors (Lipinski definition) is 5. The summed E-state index contributed by atoms with van der Waals surface area (Å²) < 4.78 is 16.3. The number of ether oxygens (including phenoxy) is 3. The molecule has 5 nitrogen and oxygen atoms in total. The summed E-state index contributed by atoms with van der Waals surface area (Å²) in [5.41, 5.74) is 1.62. The zero-order valence-electron chi connectivity index (χ0n) is 19.1. The molecule has 3 rings (SSSR count). The summed E-state index contributed by atoms with van der Waals surface area (Å²) in [7, 11) is 0. The fraction of sp³-hybridized carbons (Fsp3) is 0.556. The molecule has 0 aromatic heterocycles. The topological polar surface area (TPSA) is 61.8 Å². The number of hydrogen-bond donors (Lipinski definition) is 0. The molecule has 174 valence electrons. The maximum absolute atomic E-state index is 12.5. The number of carbonyl (C=O) groups is 2. The van der Waals surface area contributed by atoms with Crippen LogP contribution in [0.15, 0.2) is 48.6 Å². The molecule has 0 heterocycles. The lowest BCUT2D eigenvalue weighted by molar-refractivity contribution is -0.140. The maximum Gasteiger partial charge on any atom is 0.330 e. The van der Waals surface area contributed by atoms with Crippen molar-refractivity contribution in [3.05, 3.63) is 48.6 Å². The Morgan fingerprint density at radius 3 is 2.19 bits per heavy atom. The van der Waals surface area contributed by atoms with Crippen molar-refractivity contribution < 1.29 is 23.8 Å². The van der Waals surface area contributed by atoms with E-state index in [1.165, 1.54) is 25.3 Å². The van der Waals surface area contributed by atoms with Gasteiger partial charge < -0.3 is 14.2 Å². The average Bonchev–Trinajstić information content (AvgIpc) is 2.79. The zero-order chi connectivity index (χ0) is 22.6. The van der Waals surface area contributed by atoms with Gasteiger partial charge in [0.25, 0.3) is 0 Å². The van der Waals surface area contributed by atoms with Gasteiger partial charge in [-0.25, -0.2) is 4.79 Å². The number of carbonyl (C=O) groups excluding carboxylic acids is 2. The minimum absolute atomic E-state index is 0.0160. The number of rotatable bonds is 12. The van der Waals surface area contributed by atoms with E-state index < -0.39 is 0 Å². The van der Waals surface area contributed by atoms with Gasteiger partial charge in [0.15, 0.2) is 0 Å². The van der Waals surface area contributed by atoms with Gasteiger partial charge in [-0.1, -0.05) is 18.2 Å². The van der Waals surface area contributed by atoms with Crippen LogP contribution in [-0.2, 0) is 14.3 Å². The van der Waals surface area contributed by atoms with Crippen LogP contribution in [0.1, 0.15) is 70.6 Å². The maximum atomic E-state index is 12.5. The highest BCUT2D eigenvalue weighted by molar-refractivity contribution is 5.81. The Morgan fingerprint density at radius 2 is 1.56 bits per heavy atom. The van der Waals surface area contributed by atoms with Crippen LogP contribution in [-0.4, -0.2) is 25.2 Å². The number of allylic oxidation sites excluding steroid dienone is 2.